The Morgan fingerprint density at radius 1 is 1.25 bits per heavy atom. The summed E-state index contributed by atoms with van der Waals surface area (Å²) in [5, 5.41) is 5.04. The average molecular weight is 218 g/mol. The molecule has 0 saturated heterocycles. The summed E-state index contributed by atoms with van der Waals surface area (Å²) < 4.78 is 0. The van der Waals surface area contributed by atoms with E-state index < -0.39 is 0 Å². The number of rotatable bonds is 6. The SMILES string of the molecule is CCSC(CN=C=S)CN=C=S. The zero-order valence-electron chi connectivity index (χ0n) is 6.82. The van der Waals surface area contributed by atoms with Crippen molar-refractivity contribution in [1.29, 1.82) is 0 Å². The fourth-order valence-corrected chi connectivity index (χ4v) is 1.66. The molecule has 0 amide bonds. The maximum Gasteiger partial charge on any atom is 0.0630 e. The second kappa shape index (κ2) is 9.04. The van der Waals surface area contributed by atoms with Crippen LogP contribution in [0.4, 0.5) is 0 Å². The molecule has 0 fully saturated rings. The van der Waals surface area contributed by atoms with Crippen molar-refractivity contribution < 1.29 is 0 Å². The van der Waals surface area contributed by atoms with Crippen LogP contribution < -0.4 is 0 Å². The Kier molecular flexibility index (Phi) is 9.00. The van der Waals surface area contributed by atoms with Gasteiger partial charge in [-0.3, -0.25) is 0 Å². The normalized spacial score (nSPS) is 11.1. The summed E-state index contributed by atoms with van der Waals surface area (Å²) in [6.45, 7) is 3.44. The third kappa shape index (κ3) is 6.65. The summed E-state index contributed by atoms with van der Waals surface area (Å²) in [5.74, 6) is 1.05. The zero-order valence-corrected chi connectivity index (χ0v) is 9.27. The van der Waals surface area contributed by atoms with Crippen LogP contribution in [0, 0.1) is 0 Å². The molecule has 0 radical (unpaired) electrons. The van der Waals surface area contributed by atoms with Crippen molar-refractivity contribution in [3.63, 3.8) is 0 Å². The number of aliphatic imine (C=N–C) groups is 2. The molecule has 0 aromatic rings. The van der Waals surface area contributed by atoms with Crippen molar-refractivity contribution in [2.24, 2.45) is 9.98 Å². The smallest absolute Gasteiger partial charge is 0.0630 e. The standard InChI is InChI=1S/C7H10N2S3/c1-2-12-7(3-8-5-10)4-9-6-11/h7H,2-4H2,1H3. The van der Waals surface area contributed by atoms with Gasteiger partial charge >= 0.3 is 0 Å². The number of thiocarbonyl (C=S) groups is 2. The van der Waals surface area contributed by atoms with E-state index >= 15 is 0 Å². The quantitative estimate of drug-likeness (QED) is 0.505. The minimum atomic E-state index is 0.362. The highest BCUT2D eigenvalue weighted by molar-refractivity contribution is 7.99. The van der Waals surface area contributed by atoms with Crippen molar-refractivity contribution in [1.82, 2.24) is 0 Å². The van der Waals surface area contributed by atoms with E-state index in [1.165, 1.54) is 0 Å². The maximum absolute atomic E-state index is 4.47. The third-order valence-corrected chi connectivity index (χ3v) is 2.48. The van der Waals surface area contributed by atoms with Gasteiger partial charge in [0.05, 0.1) is 23.4 Å². The van der Waals surface area contributed by atoms with Gasteiger partial charge in [0.2, 0.25) is 0 Å². The number of thioether (sulfide) groups is 1. The summed E-state index contributed by atoms with van der Waals surface area (Å²) in [6.07, 6.45) is 0. The molecule has 0 aliphatic heterocycles. The highest BCUT2D eigenvalue weighted by Gasteiger charge is 2.05. The minimum Gasteiger partial charge on any atom is -0.231 e. The van der Waals surface area contributed by atoms with Crippen LogP contribution in [0.5, 0.6) is 0 Å². The molecular weight excluding hydrogens is 208 g/mol. The van der Waals surface area contributed by atoms with E-state index in [1.54, 1.807) is 11.8 Å². The van der Waals surface area contributed by atoms with Crippen molar-refractivity contribution >= 4 is 46.5 Å². The molecule has 0 N–H and O–H groups in total. The van der Waals surface area contributed by atoms with Crippen LogP contribution in [0.1, 0.15) is 6.92 Å². The summed E-state index contributed by atoms with van der Waals surface area (Å²) in [5.41, 5.74) is 0. The summed E-state index contributed by atoms with van der Waals surface area (Å²) in [7, 11) is 0. The second-order valence-electron chi connectivity index (χ2n) is 1.94. The molecule has 0 saturated carbocycles. The molecule has 0 heterocycles. The van der Waals surface area contributed by atoms with Crippen LogP contribution in [-0.2, 0) is 0 Å². The molecule has 66 valence electrons. The Balaban J connectivity index is 3.83. The summed E-state index contributed by atoms with van der Waals surface area (Å²) in [4.78, 5) is 7.73. The number of hydrogen-bond donors (Lipinski definition) is 0. The van der Waals surface area contributed by atoms with E-state index in [0.29, 0.717) is 18.3 Å². The van der Waals surface area contributed by atoms with Gasteiger partial charge in [-0.05, 0) is 30.2 Å². The van der Waals surface area contributed by atoms with E-state index in [2.05, 4.69) is 51.7 Å². The fraction of sp³-hybridized carbons (Fsp3) is 0.714. The van der Waals surface area contributed by atoms with Gasteiger partial charge in [0.25, 0.3) is 0 Å². The van der Waals surface area contributed by atoms with Gasteiger partial charge < -0.3 is 0 Å². The molecule has 0 aromatic carbocycles. The van der Waals surface area contributed by atoms with Crippen LogP contribution in [0.3, 0.4) is 0 Å². The van der Waals surface area contributed by atoms with Crippen molar-refractivity contribution in [3.05, 3.63) is 0 Å². The lowest BCUT2D eigenvalue weighted by atomic mass is 10.4. The Hall–Kier alpha value is -0.0500. The van der Waals surface area contributed by atoms with E-state index in [-0.39, 0.29) is 0 Å². The first kappa shape index (κ1) is 11.9. The molecule has 5 heteroatoms. The lowest BCUT2D eigenvalue weighted by molar-refractivity contribution is 0.873. The first-order chi connectivity index (χ1) is 5.85. The highest BCUT2D eigenvalue weighted by atomic mass is 32.2. The van der Waals surface area contributed by atoms with Crippen LogP contribution >= 0.6 is 36.2 Å². The van der Waals surface area contributed by atoms with E-state index in [9.17, 15) is 0 Å². The first-order valence-corrected chi connectivity index (χ1v) is 5.40. The molecule has 0 spiro atoms. The van der Waals surface area contributed by atoms with Gasteiger partial charge in [-0.1, -0.05) is 6.92 Å². The number of hydrogen-bond acceptors (Lipinski definition) is 5. The van der Waals surface area contributed by atoms with Crippen molar-refractivity contribution in [3.8, 4) is 0 Å². The zero-order chi connectivity index (χ0) is 9.23. The minimum absolute atomic E-state index is 0.362. The van der Waals surface area contributed by atoms with E-state index in [1.807, 2.05) is 0 Å². The topological polar surface area (TPSA) is 24.7 Å². The van der Waals surface area contributed by atoms with Gasteiger partial charge in [0.15, 0.2) is 0 Å². The number of nitrogens with zero attached hydrogens (tertiary/aromatic N) is 2. The third-order valence-electron chi connectivity index (χ3n) is 1.12. The lowest BCUT2D eigenvalue weighted by Crippen LogP contribution is -2.11. The monoisotopic (exact) mass is 218 g/mol. The molecule has 0 atom stereocenters. The van der Waals surface area contributed by atoms with E-state index in [4.69, 9.17) is 0 Å². The van der Waals surface area contributed by atoms with Crippen LogP contribution in [-0.4, -0.2) is 34.4 Å². The van der Waals surface area contributed by atoms with Gasteiger partial charge in [-0.25, -0.2) is 9.98 Å². The predicted octanol–water partition coefficient (Wildman–Crippen LogP) is 2.31. The first-order valence-electron chi connectivity index (χ1n) is 3.54. The van der Waals surface area contributed by atoms with Gasteiger partial charge in [0, 0.05) is 5.25 Å². The summed E-state index contributed by atoms with van der Waals surface area (Å²) in [6, 6.07) is 0. The Bertz CT molecular complexity index is 185. The molecular formula is C7H10N2S3. The lowest BCUT2D eigenvalue weighted by Gasteiger charge is -2.07. The van der Waals surface area contributed by atoms with Gasteiger partial charge in [-0.2, -0.15) is 11.8 Å². The maximum atomic E-state index is 4.47. The molecule has 2 nitrogen and oxygen atoms in total. The largest absolute Gasteiger partial charge is 0.231 e. The van der Waals surface area contributed by atoms with Crippen LogP contribution in [0.15, 0.2) is 9.98 Å². The van der Waals surface area contributed by atoms with Crippen molar-refractivity contribution in [2.75, 3.05) is 18.8 Å². The van der Waals surface area contributed by atoms with E-state index in [0.717, 1.165) is 5.75 Å². The summed E-state index contributed by atoms with van der Waals surface area (Å²) >= 11 is 10.7. The molecule has 0 rings (SSSR count). The molecule has 0 bridgehead atoms. The van der Waals surface area contributed by atoms with Gasteiger partial charge in [-0.15, -0.1) is 0 Å². The molecule has 0 aliphatic rings. The predicted molar refractivity (Wildman–Crippen MR) is 61.7 cm³/mol. The van der Waals surface area contributed by atoms with Crippen LogP contribution in [0.2, 0.25) is 0 Å². The van der Waals surface area contributed by atoms with Gasteiger partial charge in [0.1, 0.15) is 0 Å². The fourth-order valence-electron chi connectivity index (χ4n) is 0.677. The highest BCUT2D eigenvalue weighted by Crippen LogP contribution is 2.10. The number of isothiocyanates is 2. The Morgan fingerprint density at radius 2 is 1.75 bits per heavy atom. The molecule has 0 unspecified atom stereocenters. The molecule has 0 aliphatic carbocycles. The Labute approximate surface area is 87.6 Å². The average Bonchev–Trinajstić information content (AvgIpc) is 2.10. The molecule has 0 aromatic heterocycles. The molecule has 12 heavy (non-hydrogen) atoms. The van der Waals surface area contributed by atoms with Crippen molar-refractivity contribution in [2.45, 2.75) is 12.2 Å². The Morgan fingerprint density at radius 3 is 2.08 bits per heavy atom. The van der Waals surface area contributed by atoms with Crippen LogP contribution in [0.25, 0.3) is 0 Å². The second-order valence-corrected chi connectivity index (χ2v) is 3.88.